The van der Waals surface area contributed by atoms with Gasteiger partial charge < -0.3 is 25.5 Å². The minimum Gasteiger partial charge on any atom is -0.504 e. The summed E-state index contributed by atoms with van der Waals surface area (Å²) < 4.78 is 0. The van der Waals surface area contributed by atoms with Crippen molar-refractivity contribution in [2.45, 2.75) is 96.9 Å². The highest BCUT2D eigenvalue weighted by atomic mass is 16.3. The molecule has 0 saturated heterocycles. The van der Waals surface area contributed by atoms with Crippen LogP contribution in [0.3, 0.4) is 0 Å². The number of aliphatic hydroxyl groups is 3. The SMILES string of the molecule is Cc1c(O)c(O)cc2c1CC[C@@H]1[C@@]2(C)C(=O)C[C@]2(C)[C@@H]([C@@](C)(O)C(=O)/C=C/C(C)(C)O)[C@H](O)C[C@@]12C. The highest BCUT2D eigenvalue weighted by Crippen LogP contribution is 2.72. The maximum absolute atomic E-state index is 14.1. The maximum Gasteiger partial charge on any atom is 0.187 e. The summed E-state index contributed by atoms with van der Waals surface area (Å²) in [4.78, 5) is 27.2. The van der Waals surface area contributed by atoms with Crippen molar-refractivity contribution in [1.29, 1.82) is 0 Å². The third-order valence-electron chi connectivity index (χ3n) is 10.2. The average Bonchev–Trinajstić information content (AvgIpc) is 2.95. The Morgan fingerprint density at radius 2 is 1.72 bits per heavy atom. The van der Waals surface area contributed by atoms with E-state index >= 15 is 0 Å². The first-order valence-electron chi connectivity index (χ1n) is 12.8. The van der Waals surface area contributed by atoms with Crippen molar-refractivity contribution in [3.8, 4) is 11.5 Å². The van der Waals surface area contributed by atoms with Gasteiger partial charge in [0.05, 0.1) is 17.1 Å². The van der Waals surface area contributed by atoms with Crippen LogP contribution < -0.4 is 0 Å². The number of aliphatic hydroxyl groups excluding tert-OH is 1. The Labute approximate surface area is 212 Å². The number of rotatable bonds is 4. The van der Waals surface area contributed by atoms with Crippen molar-refractivity contribution in [2.24, 2.45) is 22.7 Å². The van der Waals surface area contributed by atoms with Crippen molar-refractivity contribution in [3.63, 3.8) is 0 Å². The minimum atomic E-state index is -1.95. The average molecular weight is 501 g/mol. The largest absolute Gasteiger partial charge is 0.504 e. The molecular weight excluding hydrogens is 460 g/mol. The lowest BCUT2D eigenvalue weighted by atomic mass is 9.41. The molecule has 0 bridgehead atoms. The number of Topliss-reactive ketones (excluding diaryl/α,β-unsaturated/α-hetero) is 1. The van der Waals surface area contributed by atoms with Crippen molar-refractivity contribution in [2.75, 3.05) is 0 Å². The van der Waals surface area contributed by atoms with E-state index in [4.69, 9.17) is 0 Å². The molecular formula is C29H40O7. The van der Waals surface area contributed by atoms with Crippen LogP contribution in [0.1, 0.15) is 77.5 Å². The van der Waals surface area contributed by atoms with E-state index in [0.717, 1.165) is 11.6 Å². The molecule has 36 heavy (non-hydrogen) atoms. The van der Waals surface area contributed by atoms with Crippen LogP contribution in [0.2, 0.25) is 0 Å². The summed E-state index contributed by atoms with van der Waals surface area (Å²) in [5.74, 6) is -2.20. The van der Waals surface area contributed by atoms with Crippen LogP contribution in [0.15, 0.2) is 18.2 Å². The van der Waals surface area contributed by atoms with Crippen molar-refractivity contribution in [3.05, 3.63) is 34.9 Å². The monoisotopic (exact) mass is 500 g/mol. The van der Waals surface area contributed by atoms with Gasteiger partial charge in [-0.1, -0.05) is 19.9 Å². The third-order valence-corrected chi connectivity index (χ3v) is 10.2. The maximum atomic E-state index is 14.1. The Bertz CT molecular complexity index is 1160. The van der Waals surface area contributed by atoms with Crippen molar-refractivity contribution in [1.82, 2.24) is 0 Å². The Hall–Kier alpha value is -2.22. The normalized spacial score (nSPS) is 37.8. The van der Waals surface area contributed by atoms with Crippen molar-refractivity contribution < 1.29 is 35.1 Å². The molecule has 198 valence electrons. The first-order chi connectivity index (χ1) is 16.3. The van der Waals surface area contributed by atoms with E-state index in [2.05, 4.69) is 6.92 Å². The molecule has 2 saturated carbocycles. The van der Waals surface area contributed by atoms with Gasteiger partial charge in [-0.3, -0.25) is 9.59 Å². The van der Waals surface area contributed by atoms with Gasteiger partial charge >= 0.3 is 0 Å². The number of ketones is 2. The second-order valence-electron chi connectivity index (χ2n) is 12.9. The van der Waals surface area contributed by atoms with Gasteiger partial charge in [-0.25, -0.2) is 0 Å². The molecule has 0 aromatic heterocycles. The lowest BCUT2D eigenvalue weighted by Gasteiger charge is -2.61. The number of benzene rings is 1. The van der Waals surface area contributed by atoms with E-state index in [1.165, 1.54) is 32.9 Å². The number of hydrogen-bond acceptors (Lipinski definition) is 7. The molecule has 5 N–H and O–H groups in total. The van der Waals surface area contributed by atoms with Gasteiger partial charge in [-0.05, 0) is 99.5 Å². The molecule has 7 atom stereocenters. The fraction of sp³-hybridized carbons (Fsp3) is 0.655. The molecule has 0 spiro atoms. The summed E-state index contributed by atoms with van der Waals surface area (Å²) in [6.45, 7) is 12.0. The summed E-state index contributed by atoms with van der Waals surface area (Å²) in [6.07, 6.45) is 3.09. The first-order valence-corrected chi connectivity index (χ1v) is 12.8. The number of phenolic OH excluding ortho intramolecular Hbond substituents is 2. The summed E-state index contributed by atoms with van der Waals surface area (Å²) in [7, 11) is 0. The van der Waals surface area contributed by atoms with Crippen LogP contribution >= 0.6 is 0 Å². The fourth-order valence-corrected chi connectivity index (χ4v) is 8.21. The predicted molar refractivity (Wildman–Crippen MR) is 135 cm³/mol. The molecule has 4 rings (SSSR count). The summed E-state index contributed by atoms with van der Waals surface area (Å²) in [6, 6.07) is 1.51. The number of phenols is 2. The second kappa shape index (κ2) is 7.89. The summed E-state index contributed by atoms with van der Waals surface area (Å²) in [5.41, 5.74) is -3.43. The zero-order valence-electron chi connectivity index (χ0n) is 22.3. The van der Waals surface area contributed by atoms with Gasteiger partial charge in [0.2, 0.25) is 0 Å². The van der Waals surface area contributed by atoms with Gasteiger partial charge in [0, 0.05) is 12.3 Å². The molecule has 1 aromatic carbocycles. The van der Waals surface area contributed by atoms with E-state index in [0.29, 0.717) is 30.4 Å². The molecule has 2 fully saturated rings. The Morgan fingerprint density at radius 1 is 1.11 bits per heavy atom. The topological polar surface area (TPSA) is 135 Å². The quantitative estimate of drug-likeness (QED) is 0.316. The number of hydrogen-bond donors (Lipinski definition) is 5. The zero-order chi connectivity index (χ0) is 27.2. The van der Waals surface area contributed by atoms with E-state index < -0.39 is 45.3 Å². The second-order valence-corrected chi connectivity index (χ2v) is 12.9. The molecule has 0 heterocycles. The Balaban J connectivity index is 1.83. The van der Waals surface area contributed by atoms with Gasteiger partial charge in [-0.15, -0.1) is 0 Å². The van der Waals surface area contributed by atoms with Crippen LogP contribution in [0, 0.1) is 29.6 Å². The number of fused-ring (bicyclic) bond motifs is 5. The highest BCUT2D eigenvalue weighted by molar-refractivity contribution is 5.98. The molecule has 3 aliphatic rings. The molecule has 0 aliphatic heterocycles. The van der Waals surface area contributed by atoms with Crippen molar-refractivity contribution >= 4 is 11.6 Å². The van der Waals surface area contributed by atoms with Crippen LogP contribution in [0.5, 0.6) is 11.5 Å². The Morgan fingerprint density at radius 3 is 2.31 bits per heavy atom. The third kappa shape index (κ3) is 3.42. The summed E-state index contributed by atoms with van der Waals surface area (Å²) >= 11 is 0. The van der Waals surface area contributed by atoms with Crippen LogP contribution in [0.25, 0.3) is 0 Å². The molecule has 3 aliphatic carbocycles. The minimum absolute atomic E-state index is 0.0526. The van der Waals surface area contributed by atoms with Gasteiger partial charge in [-0.2, -0.15) is 0 Å². The first kappa shape index (κ1) is 26.8. The molecule has 7 heteroatoms. The molecule has 0 radical (unpaired) electrons. The molecule has 7 nitrogen and oxygen atoms in total. The van der Waals surface area contributed by atoms with Gasteiger partial charge in [0.15, 0.2) is 17.3 Å². The predicted octanol–water partition coefficient (Wildman–Crippen LogP) is 3.24. The zero-order valence-corrected chi connectivity index (χ0v) is 22.3. The highest BCUT2D eigenvalue weighted by Gasteiger charge is 2.73. The van der Waals surface area contributed by atoms with E-state index in [1.807, 2.05) is 13.8 Å². The molecule has 1 aromatic rings. The van der Waals surface area contributed by atoms with E-state index in [9.17, 15) is 35.1 Å². The summed E-state index contributed by atoms with van der Waals surface area (Å²) in [5, 5.41) is 53.7. The van der Waals surface area contributed by atoms with E-state index in [1.54, 1.807) is 6.92 Å². The fourth-order valence-electron chi connectivity index (χ4n) is 8.21. The van der Waals surface area contributed by atoms with Crippen LogP contribution in [-0.2, 0) is 21.4 Å². The number of carbonyl (C=O) groups is 2. The van der Waals surface area contributed by atoms with Crippen LogP contribution in [0.4, 0.5) is 0 Å². The molecule has 0 unspecified atom stereocenters. The number of carbonyl (C=O) groups excluding carboxylic acids is 2. The van der Waals surface area contributed by atoms with E-state index in [-0.39, 0.29) is 29.6 Å². The molecule has 0 amide bonds. The lowest BCUT2D eigenvalue weighted by molar-refractivity contribution is -0.168. The van der Waals surface area contributed by atoms with Gasteiger partial charge in [0.25, 0.3) is 0 Å². The number of aromatic hydroxyl groups is 2. The standard InChI is InChI=1S/C29H40O7/c1-15-16-8-9-20-26(4)13-19(31)24(29(7,36)21(32)10-11-25(2,3)35)27(26,5)14-22(33)28(20,6)17(16)12-18(30)23(15)34/h10-12,19-20,24,30-31,34-36H,8-9,13-14H2,1-7H3/b11-10+/t19-,20+,24+,26+,27-,28+,29+/m1/s1. The Kier molecular flexibility index (Phi) is 5.88. The smallest absolute Gasteiger partial charge is 0.187 e. The lowest BCUT2D eigenvalue weighted by Crippen LogP contribution is -2.63. The van der Waals surface area contributed by atoms with Gasteiger partial charge in [0.1, 0.15) is 11.4 Å². The van der Waals surface area contributed by atoms with Crippen LogP contribution in [-0.4, -0.2) is 54.4 Å².